The van der Waals surface area contributed by atoms with Gasteiger partial charge in [-0.25, -0.2) is 9.37 Å². The molecule has 1 atom stereocenters. The first-order chi connectivity index (χ1) is 14.0. The van der Waals surface area contributed by atoms with E-state index in [-0.39, 0.29) is 23.5 Å². The molecule has 0 bridgehead atoms. The lowest BCUT2D eigenvalue weighted by atomic mass is 10.0. The molecular formula is C22H21FN4O2. The summed E-state index contributed by atoms with van der Waals surface area (Å²) in [7, 11) is 1.83. The Kier molecular flexibility index (Phi) is 5.12. The van der Waals surface area contributed by atoms with Crippen LogP contribution in [0.2, 0.25) is 0 Å². The van der Waals surface area contributed by atoms with E-state index in [0.29, 0.717) is 22.6 Å². The summed E-state index contributed by atoms with van der Waals surface area (Å²) in [6.07, 6.45) is 5.25. The van der Waals surface area contributed by atoms with Crippen molar-refractivity contribution in [1.82, 2.24) is 14.9 Å². The molecule has 2 aromatic carbocycles. The fourth-order valence-electron chi connectivity index (χ4n) is 3.15. The van der Waals surface area contributed by atoms with Crippen molar-refractivity contribution in [2.75, 3.05) is 5.32 Å². The molecule has 7 heteroatoms. The minimum atomic E-state index is -0.548. The molecule has 2 amide bonds. The average Bonchev–Trinajstić information content (AvgIpc) is 3.49. The number of aromatic nitrogens is 2. The molecule has 1 heterocycles. The second-order valence-corrected chi connectivity index (χ2v) is 7.20. The van der Waals surface area contributed by atoms with Crippen molar-refractivity contribution in [3.63, 3.8) is 0 Å². The number of halogens is 1. The van der Waals surface area contributed by atoms with Crippen LogP contribution in [0.5, 0.6) is 0 Å². The van der Waals surface area contributed by atoms with Gasteiger partial charge < -0.3 is 15.2 Å². The Hall–Kier alpha value is -3.48. The summed E-state index contributed by atoms with van der Waals surface area (Å²) in [5.74, 6) is 0.0317. The lowest BCUT2D eigenvalue weighted by molar-refractivity contribution is -0.117. The molecule has 29 heavy (non-hydrogen) atoms. The van der Waals surface area contributed by atoms with Gasteiger partial charge in [0.2, 0.25) is 5.91 Å². The molecule has 0 saturated heterocycles. The van der Waals surface area contributed by atoms with Crippen molar-refractivity contribution in [3.8, 4) is 0 Å². The van der Waals surface area contributed by atoms with Crippen molar-refractivity contribution in [3.05, 3.63) is 83.7 Å². The summed E-state index contributed by atoms with van der Waals surface area (Å²) in [4.78, 5) is 29.3. The summed E-state index contributed by atoms with van der Waals surface area (Å²) in [5.41, 5.74) is 1.72. The predicted molar refractivity (Wildman–Crippen MR) is 107 cm³/mol. The van der Waals surface area contributed by atoms with Gasteiger partial charge in [0, 0.05) is 36.6 Å². The van der Waals surface area contributed by atoms with Crippen LogP contribution in [0.4, 0.5) is 10.1 Å². The van der Waals surface area contributed by atoms with Crippen LogP contribution in [0.3, 0.4) is 0 Å². The first-order valence-corrected chi connectivity index (χ1v) is 9.46. The summed E-state index contributed by atoms with van der Waals surface area (Å²) in [6.45, 7) is 0. The maximum absolute atomic E-state index is 13.4. The summed E-state index contributed by atoms with van der Waals surface area (Å²) in [5, 5.41) is 5.82. The third-order valence-electron chi connectivity index (χ3n) is 4.94. The van der Waals surface area contributed by atoms with Crippen LogP contribution in [0.15, 0.2) is 60.9 Å². The number of benzene rings is 2. The monoisotopic (exact) mass is 392 g/mol. The van der Waals surface area contributed by atoms with E-state index >= 15 is 0 Å². The van der Waals surface area contributed by atoms with Gasteiger partial charge in [-0.1, -0.05) is 18.2 Å². The third kappa shape index (κ3) is 4.34. The highest BCUT2D eigenvalue weighted by Gasteiger charge is 2.29. The molecule has 3 aromatic rings. The van der Waals surface area contributed by atoms with E-state index in [1.54, 1.807) is 53.4 Å². The van der Waals surface area contributed by atoms with Crippen LogP contribution in [0.25, 0.3) is 0 Å². The Morgan fingerprint density at radius 2 is 1.93 bits per heavy atom. The number of aryl methyl sites for hydroxylation is 1. The van der Waals surface area contributed by atoms with Crippen molar-refractivity contribution >= 4 is 17.5 Å². The number of hydrogen-bond donors (Lipinski definition) is 2. The number of nitrogens with one attached hydrogen (secondary N) is 2. The van der Waals surface area contributed by atoms with E-state index in [2.05, 4.69) is 15.6 Å². The normalized spacial score (nSPS) is 14.3. The van der Waals surface area contributed by atoms with Gasteiger partial charge >= 0.3 is 0 Å². The molecular weight excluding hydrogens is 371 g/mol. The Morgan fingerprint density at radius 1 is 1.17 bits per heavy atom. The van der Waals surface area contributed by atoms with E-state index in [4.69, 9.17) is 0 Å². The second-order valence-electron chi connectivity index (χ2n) is 7.20. The third-order valence-corrected chi connectivity index (χ3v) is 4.94. The number of amides is 2. The molecule has 4 rings (SSSR count). The molecule has 2 N–H and O–H groups in total. The summed E-state index contributed by atoms with van der Waals surface area (Å²) >= 11 is 0. The molecule has 148 valence electrons. The van der Waals surface area contributed by atoms with Gasteiger partial charge in [0.15, 0.2) is 0 Å². The maximum Gasteiger partial charge on any atom is 0.252 e. The average molecular weight is 392 g/mol. The van der Waals surface area contributed by atoms with Crippen LogP contribution < -0.4 is 10.6 Å². The molecule has 1 aliphatic rings. The number of imidazole rings is 1. The van der Waals surface area contributed by atoms with Gasteiger partial charge in [0.1, 0.15) is 17.7 Å². The fourth-order valence-corrected chi connectivity index (χ4v) is 3.15. The lowest BCUT2D eigenvalue weighted by Crippen LogP contribution is -2.31. The molecule has 1 saturated carbocycles. The Morgan fingerprint density at radius 3 is 2.59 bits per heavy atom. The molecule has 0 aliphatic heterocycles. The lowest BCUT2D eigenvalue weighted by Gasteiger charge is -2.19. The van der Waals surface area contributed by atoms with Gasteiger partial charge in [-0.3, -0.25) is 9.59 Å². The zero-order valence-electron chi connectivity index (χ0n) is 15.9. The number of carbonyl (C=O) groups excluding carboxylic acids is 2. The number of anilines is 1. The number of carbonyl (C=O) groups is 2. The number of rotatable bonds is 6. The summed E-state index contributed by atoms with van der Waals surface area (Å²) in [6, 6.07) is 12.2. The number of nitrogens with zero attached hydrogens (tertiary/aromatic N) is 2. The molecule has 1 aromatic heterocycles. The van der Waals surface area contributed by atoms with Crippen molar-refractivity contribution in [1.29, 1.82) is 0 Å². The Bertz CT molecular complexity index is 1040. The SMILES string of the molecule is Cn1ccnc1C(NC(=O)c1cccc(NC(=O)C2CC2)c1)c1ccc(F)cc1. The zero-order chi connectivity index (χ0) is 20.4. The van der Waals surface area contributed by atoms with E-state index in [1.807, 2.05) is 7.05 Å². The minimum absolute atomic E-state index is 0.0141. The standard InChI is InChI=1S/C22H21FN4O2/c1-27-12-11-24-20(27)19(14-7-9-17(23)10-8-14)26-22(29)16-3-2-4-18(13-16)25-21(28)15-5-6-15/h2-4,7-13,15,19H,5-6H2,1H3,(H,25,28)(H,26,29). The van der Waals surface area contributed by atoms with Crippen molar-refractivity contribution < 1.29 is 14.0 Å². The fraction of sp³-hybridized carbons (Fsp3) is 0.227. The topological polar surface area (TPSA) is 76.0 Å². The zero-order valence-corrected chi connectivity index (χ0v) is 15.9. The smallest absolute Gasteiger partial charge is 0.252 e. The molecule has 1 aliphatic carbocycles. The van der Waals surface area contributed by atoms with Crippen LogP contribution in [-0.2, 0) is 11.8 Å². The summed E-state index contributed by atoms with van der Waals surface area (Å²) < 4.78 is 15.2. The Labute approximate surface area is 167 Å². The van der Waals surface area contributed by atoms with Gasteiger partial charge in [0.25, 0.3) is 5.91 Å². The Balaban J connectivity index is 1.57. The van der Waals surface area contributed by atoms with Crippen LogP contribution in [-0.4, -0.2) is 21.4 Å². The molecule has 1 fully saturated rings. The first kappa shape index (κ1) is 18.9. The van der Waals surface area contributed by atoms with E-state index in [9.17, 15) is 14.0 Å². The second kappa shape index (κ2) is 7.87. The van der Waals surface area contributed by atoms with E-state index in [1.165, 1.54) is 12.1 Å². The molecule has 1 unspecified atom stereocenters. The molecule has 6 nitrogen and oxygen atoms in total. The maximum atomic E-state index is 13.4. The van der Waals surface area contributed by atoms with Crippen LogP contribution >= 0.6 is 0 Å². The quantitative estimate of drug-likeness (QED) is 0.675. The van der Waals surface area contributed by atoms with Gasteiger partial charge in [-0.2, -0.15) is 0 Å². The van der Waals surface area contributed by atoms with Crippen LogP contribution in [0, 0.1) is 11.7 Å². The van der Waals surface area contributed by atoms with Gasteiger partial charge in [-0.15, -0.1) is 0 Å². The molecule has 0 radical (unpaired) electrons. The van der Waals surface area contributed by atoms with Crippen molar-refractivity contribution in [2.24, 2.45) is 13.0 Å². The highest BCUT2D eigenvalue weighted by atomic mass is 19.1. The predicted octanol–water partition coefficient (Wildman–Crippen LogP) is 3.43. The highest BCUT2D eigenvalue weighted by molar-refractivity contribution is 5.98. The minimum Gasteiger partial charge on any atom is -0.338 e. The van der Waals surface area contributed by atoms with E-state index < -0.39 is 6.04 Å². The largest absolute Gasteiger partial charge is 0.338 e. The first-order valence-electron chi connectivity index (χ1n) is 9.46. The number of hydrogen-bond acceptors (Lipinski definition) is 3. The molecule has 0 spiro atoms. The van der Waals surface area contributed by atoms with Gasteiger partial charge in [-0.05, 0) is 48.7 Å². The highest BCUT2D eigenvalue weighted by Crippen LogP contribution is 2.30. The van der Waals surface area contributed by atoms with Crippen molar-refractivity contribution in [2.45, 2.75) is 18.9 Å². The van der Waals surface area contributed by atoms with E-state index in [0.717, 1.165) is 12.8 Å². The van der Waals surface area contributed by atoms with Gasteiger partial charge in [0.05, 0.1) is 0 Å². The van der Waals surface area contributed by atoms with Crippen LogP contribution in [0.1, 0.15) is 40.6 Å².